The minimum Gasteiger partial charge on any atom is -0.450 e. The van der Waals surface area contributed by atoms with Gasteiger partial charge >= 0.3 is 0 Å². The van der Waals surface area contributed by atoms with Crippen LogP contribution in [0.3, 0.4) is 0 Å². The largest absolute Gasteiger partial charge is 0.450 e. The van der Waals surface area contributed by atoms with Gasteiger partial charge in [0.25, 0.3) is 5.91 Å². The number of carbonyl (C=O) groups excluding carboxylic acids is 1. The number of nitrogens with zero attached hydrogens (tertiary/aromatic N) is 3. The number of aliphatic imine (C=N–C) groups is 2. The molecule has 6 heteroatoms. The van der Waals surface area contributed by atoms with Gasteiger partial charge in [-0.25, -0.2) is 4.99 Å². The van der Waals surface area contributed by atoms with Crippen LogP contribution < -0.4 is 0 Å². The summed E-state index contributed by atoms with van der Waals surface area (Å²) in [5.41, 5.74) is 1.93. The van der Waals surface area contributed by atoms with Crippen LogP contribution in [0.1, 0.15) is 16.9 Å². The molecule has 0 saturated heterocycles. The standard InChI is InChI=1S/C20H14BrN3O2/c21-17-10-8-15(26-17)9-11-19(25)23-20-16-6-2-1-5-14(16)13-24-12-4-3-7-18(24)22-20/h1-12H,13H2. The van der Waals surface area contributed by atoms with Crippen molar-refractivity contribution in [3.8, 4) is 0 Å². The third-order valence-corrected chi connectivity index (χ3v) is 4.36. The maximum Gasteiger partial charge on any atom is 0.271 e. The number of benzene rings is 1. The summed E-state index contributed by atoms with van der Waals surface area (Å²) in [5.74, 6) is 1.35. The molecule has 5 nitrogen and oxygen atoms in total. The number of hydrogen-bond donors (Lipinski definition) is 0. The minimum atomic E-state index is -0.393. The number of amides is 1. The van der Waals surface area contributed by atoms with Gasteiger partial charge in [-0.15, -0.1) is 0 Å². The Morgan fingerprint density at radius 2 is 2.12 bits per heavy atom. The molecule has 1 amide bonds. The van der Waals surface area contributed by atoms with Gasteiger partial charge in [0.1, 0.15) is 11.6 Å². The molecule has 1 aromatic heterocycles. The second kappa shape index (κ2) is 7.09. The van der Waals surface area contributed by atoms with E-state index in [9.17, 15) is 4.79 Å². The van der Waals surface area contributed by atoms with Crippen molar-refractivity contribution in [1.82, 2.24) is 4.90 Å². The van der Waals surface area contributed by atoms with Gasteiger partial charge in [-0.3, -0.25) is 4.79 Å². The molecule has 1 aromatic carbocycles. The van der Waals surface area contributed by atoms with E-state index in [1.807, 2.05) is 53.6 Å². The van der Waals surface area contributed by atoms with E-state index in [0.29, 0.717) is 22.8 Å². The summed E-state index contributed by atoms with van der Waals surface area (Å²) >= 11 is 3.23. The van der Waals surface area contributed by atoms with Gasteiger partial charge in [0.05, 0.1) is 0 Å². The van der Waals surface area contributed by atoms with Gasteiger partial charge in [-0.2, -0.15) is 4.99 Å². The molecule has 26 heavy (non-hydrogen) atoms. The third-order valence-electron chi connectivity index (χ3n) is 3.94. The molecule has 0 saturated carbocycles. The Morgan fingerprint density at radius 1 is 1.23 bits per heavy atom. The van der Waals surface area contributed by atoms with Crippen LogP contribution >= 0.6 is 15.9 Å². The molecule has 0 bridgehead atoms. The molecule has 2 aliphatic heterocycles. The lowest BCUT2D eigenvalue weighted by Crippen LogP contribution is -2.24. The number of hydrogen-bond acceptors (Lipinski definition) is 3. The number of halogens is 1. The van der Waals surface area contributed by atoms with E-state index >= 15 is 0 Å². The fourth-order valence-corrected chi connectivity index (χ4v) is 3.05. The summed E-state index contributed by atoms with van der Waals surface area (Å²) in [6.45, 7) is 0.680. The average Bonchev–Trinajstić information content (AvgIpc) is 2.99. The Kier molecular flexibility index (Phi) is 4.50. The lowest BCUT2D eigenvalue weighted by molar-refractivity contribution is -0.113. The van der Waals surface area contributed by atoms with E-state index in [4.69, 9.17) is 4.42 Å². The van der Waals surface area contributed by atoms with E-state index in [-0.39, 0.29) is 0 Å². The maximum absolute atomic E-state index is 12.3. The highest BCUT2D eigenvalue weighted by atomic mass is 79.9. The second-order valence-electron chi connectivity index (χ2n) is 5.70. The number of carbonyl (C=O) groups is 1. The van der Waals surface area contributed by atoms with Gasteiger partial charge in [-0.1, -0.05) is 30.3 Å². The molecule has 0 fully saturated rings. The van der Waals surface area contributed by atoms with E-state index in [2.05, 4.69) is 25.9 Å². The van der Waals surface area contributed by atoms with Crippen LogP contribution in [0.15, 0.2) is 86.0 Å². The van der Waals surface area contributed by atoms with Crippen molar-refractivity contribution < 1.29 is 9.21 Å². The van der Waals surface area contributed by atoms with E-state index in [0.717, 1.165) is 17.0 Å². The first kappa shape index (κ1) is 16.5. The zero-order valence-corrected chi connectivity index (χ0v) is 15.3. The maximum atomic E-state index is 12.3. The summed E-state index contributed by atoms with van der Waals surface area (Å²) in [7, 11) is 0. The number of rotatable bonds is 2. The first-order valence-corrected chi connectivity index (χ1v) is 8.83. The molecular weight excluding hydrogens is 394 g/mol. The van der Waals surface area contributed by atoms with Gasteiger partial charge in [-0.05, 0) is 51.9 Å². The molecule has 2 aliphatic rings. The summed E-state index contributed by atoms with van der Waals surface area (Å²) in [6, 6.07) is 11.4. The number of allylic oxidation sites excluding steroid dienone is 2. The second-order valence-corrected chi connectivity index (χ2v) is 6.49. The van der Waals surface area contributed by atoms with E-state index < -0.39 is 5.91 Å². The van der Waals surface area contributed by atoms with Gasteiger partial charge in [0.2, 0.25) is 0 Å². The van der Waals surface area contributed by atoms with Gasteiger partial charge < -0.3 is 9.32 Å². The Bertz CT molecular complexity index is 1010. The normalized spacial score (nSPS) is 17.2. The van der Waals surface area contributed by atoms with Crippen LogP contribution in [0.5, 0.6) is 0 Å². The monoisotopic (exact) mass is 407 g/mol. The van der Waals surface area contributed by atoms with Gasteiger partial charge in [0, 0.05) is 24.4 Å². The first-order chi connectivity index (χ1) is 12.7. The highest BCUT2D eigenvalue weighted by Crippen LogP contribution is 2.21. The third kappa shape index (κ3) is 3.50. The van der Waals surface area contributed by atoms with Crippen LogP contribution in [0.4, 0.5) is 0 Å². The van der Waals surface area contributed by atoms with E-state index in [1.54, 1.807) is 18.2 Å². The lowest BCUT2D eigenvalue weighted by Gasteiger charge is -2.20. The predicted octanol–water partition coefficient (Wildman–Crippen LogP) is 4.33. The van der Waals surface area contributed by atoms with Crippen molar-refractivity contribution in [3.63, 3.8) is 0 Å². The molecule has 4 rings (SSSR count). The fraction of sp³-hybridized carbons (Fsp3) is 0.0500. The molecule has 0 atom stereocenters. The quantitative estimate of drug-likeness (QED) is 0.696. The Hall–Kier alpha value is -2.99. The first-order valence-electron chi connectivity index (χ1n) is 8.03. The summed E-state index contributed by atoms with van der Waals surface area (Å²) in [4.78, 5) is 23.2. The number of fused-ring (bicyclic) bond motifs is 2. The van der Waals surface area contributed by atoms with Gasteiger partial charge in [0.15, 0.2) is 10.5 Å². The smallest absolute Gasteiger partial charge is 0.271 e. The Morgan fingerprint density at radius 3 is 2.96 bits per heavy atom. The molecule has 0 N–H and O–H groups in total. The summed E-state index contributed by atoms with van der Waals surface area (Å²) < 4.78 is 5.96. The number of furan rings is 1. The molecule has 0 radical (unpaired) electrons. The zero-order valence-electron chi connectivity index (χ0n) is 13.7. The fourth-order valence-electron chi connectivity index (χ4n) is 2.73. The van der Waals surface area contributed by atoms with Crippen molar-refractivity contribution in [1.29, 1.82) is 0 Å². The molecule has 128 valence electrons. The topological polar surface area (TPSA) is 58.2 Å². The van der Waals surface area contributed by atoms with Crippen LogP contribution in [0, 0.1) is 0 Å². The lowest BCUT2D eigenvalue weighted by atomic mass is 10.1. The summed E-state index contributed by atoms with van der Waals surface area (Å²) in [6.07, 6.45) is 10.7. The molecule has 0 spiro atoms. The average molecular weight is 408 g/mol. The highest BCUT2D eigenvalue weighted by molar-refractivity contribution is 9.10. The molecule has 3 heterocycles. The van der Waals surface area contributed by atoms with Crippen molar-refractivity contribution in [2.75, 3.05) is 0 Å². The molecule has 0 aliphatic carbocycles. The minimum absolute atomic E-state index is 0.393. The van der Waals surface area contributed by atoms with Crippen LogP contribution in [0.25, 0.3) is 6.08 Å². The van der Waals surface area contributed by atoms with E-state index in [1.165, 1.54) is 6.08 Å². The Balaban J connectivity index is 1.69. The molecule has 2 aromatic rings. The van der Waals surface area contributed by atoms with Crippen LogP contribution in [-0.2, 0) is 11.3 Å². The van der Waals surface area contributed by atoms with Crippen LogP contribution in [-0.4, -0.2) is 22.5 Å². The zero-order chi connectivity index (χ0) is 17.9. The van der Waals surface area contributed by atoms with Crippen molar-refractivity contribution >= 4 is 39.6 Å². The van der Waals surface area contributed by atoms with Crippen molar-refractivity contribution in [3.05, 3.63) is 88.5 Å². The highest BCUT2D eigenvalue weighted by Gasteiger charge is 2.20. The molecular formula is C20H14BrN3O2. The van der Waals surface area contributed by atoms with Crippen LogP contribution in [0.2, 0.25) is 0 Å². The predicted molar refractivity (Wildman–Crippen MR) is 105 cm³/mol. The van der Waals surface area contributed by atoms with Crippen molar-refractivity contribution in [2.24, 2.45) is 9.98 Å². The SMILES string of the molecule is O=C(C=Cc1ccc(Br)o1)N=C1N=C2C=CC=CN2Cc2ccccc21. The Labute approximate surface area is 158 Å². The number of amidine groups is 2. The van der Waals surface area contributed by atoms with Crippen molar-refractivity contribution in [2.45, 2.75) is 6.54 Å². The summed E-state index contributed by atoms with van der Waals surface area (Å²) in [5, 5.41) is 0. The molecule has 0 unspecified atom stereocenters.